The van der Waals surface area contributed by atoms with Crippen molar-refractivity contribution < 1.29 is 23.8 Å². The van der Waals surface area contributed by atoms with Crippen molar-refractivity contribution in [3.05, 3.63) is 144 Å². The first-order valence-corrected chi connectivity index (χ1v) is 11.3. The first-order chi connectivity index (χ1) is 17.2. The van der Waals surface area contributed by atoms with Gasteiger partial charge in [-0.3, -0.25) is 9.59 Å². The molecule has 0 atom stereocenters. The van der Waals surface area contributed by atoms with Gasteiger partial charge in [0.2, 0.25) is 0 Å². The monoisotopic (exact) mass is 466 g/mol. The topological polar surface area (TPSA) is 61.8 Å². The Balaban J connectivity index is 1.75. The van der Waals surface area contributed by atoms with Gasteiger partial charge in [-0.05, 0) is 0 Å². The average Bonchev–Trinajstić information content (AvgIpc) is 2.94. The molecule has 0 N–H and O–H groups in total. The number of hydrogen-bond acceptors (Lipinski definition) is 5. The van der Waals surface area contributed by atoms with E-state index in [2.05, 4.69) is 0 Å². The molecule has 0 aliphatic rings. The molecule has 0 aromatic heterocycles. The van der Waals surface area contributed by atoms with Crippen LogP contribution >= 0.6 is 0 Å². The van der Waals surface area contributed by atoms with Crippen molar-refractivity contribution in [1.29, 1.82) is 0 Å². The number of benzene rings is 4. The van der Waals surface area contributed by atoms with Crippen LogP contribution in [-0.4, -0.2) is 26.2 Å². The van der Waals surface area contributed by atoms with Crippen LogP contribution in [0, 0.1) is 0 Å². The second-order valence-electron chi connectivity index (χ2n) is 8.04. The fraction of sp³-hybridized carbons (Fsp3) is 0.133. The van der Waals surface area contributed by atoms with Crippen LogP contribution in [0.4, 0.5) is 0 Å². The second kappa shape index (κ2) is 11.3. The molecule has 5 heteroatoms. The third-order valence-corrected chi connectivity index (χ3v) is 6.07. The van der Waals surface area contributed by atoms with Crippen molar-refractivity contribution in [3.63, 3.8) is 0 Å². The van der Waals surface area contributed by atoms with Gasteiger partial charge in [-0.15, -0.1) is 0 Å². The van der Waals surface area contributed by atoms with Crippen molar-refractivity contribution in [1.82, 2.24) is 0 Å². The summed E-state index contributed by atoms with van der Waals surface area (Å²) in [5, 5.41) is 0. The zero-order chi connectivity index (χ0) is 24.4. The van der Waals surface area contributed by atoms with E-state index in [1.54, 1.807) is 0 Å². The summed E-state index contributed by atoms with van der Waals surface area (Å²) in [4.78, 5) is 23.4. The second-order valence-corrected chi connectivity index (χ2v) is 8.04. The molecule has 5 nitrogen and oxygen atoms in total. The number of carbonyl (C=O) groups excluding carboxylic acids is 2. The Bertz CT molecular complexity index is 1020. The smallest absolute Gasteiger partial charge is 0.294 e. The summed E-state index contributed by atoms with van der Waals surface area (Å²) < 4.78 is 17.9. The Hall–Kier alpha value is -4.22. The van der Waals surface area contributed by atoms with Gasteiger partial charge in [-0.25, -0.2) is 0 Å². The van der Waals surface area contributed by atoms with Gasteiger partial charge in [0.15, 0.2) is 11.2 Å². The van der Waals surface area contributed by atoms with Crippen molar-refractivity contribution in [3.8, 4) is 0 Å². The summed E-state index contributed by atoms with van der Waals surface area (Å²) in [5.74, 6) is 0. The quantitative estimate of drug-likeness (QED) is 0.267. The average molecular weight is 467 g/mol. The van der Waals surface area contributed by atoms with E-state index < -0.39 is 11.2 Å². The minimum absolute atomic E-state index is 0.00337. The van der Waals surface area contributed by atoms with Gasteiger partial charge in [-0.1, -0.05) is 121 Å². The number of carbonyl (C=O) groups is 2. The summed E-state index contributed by atoms with van der Waals surface area (Å²) >= 11 is 0. The van der Waals surface area contributed by atoms with Crippen molar-refractivity contribution in [2.24, 2.45) is 0 Å². The maximum atomic E-state index is 11.7. The Labute approximate surface area is 204 Å². The van der Waals surface area contributed by atoms with E-state index >= 15 is 0 Å². The zero-order valence-electron chi connectivity index (χ0n) is 19.2. The van der Waals surface area contributed by atoms with Crippen LogP contribution in [0.2, 0.25) is 0 Å². The van der Waals surface area contributed by atoms with Gasteiger partial charge in [-0.2, -0.15) is 0 Å². The largest absolute Gasteiger partial charge is 0.449 e. The maximum absolute atomic E-state index is 11.7. The molecule has 4 aromatic carbocycles. The third kappa shape index (κ3) is 5.00. The fourth-order valence-corrected chi connectivity index (χ4v) is 4.34. The molecule has 35 heavy (non-hydrogen) atoms. The van der Waals surface area contributed by atoms with E-state index in [0.717, 1.165) is 22.3 Å². The molecule has 0 spiro atoms. The summed E-state index contributed by atoms with van der Waals surface area (Å²) in [6, 6.07) is 37.8. The molecule has 176 valence electrons. The van der Waals surface area contributed by atoms with Crippen molar-refractivity contribution in [2.75, 3.05) is 13.2 Å². The van der Waals surface area contributed by atoms with Crippen LogP contribution < -0.4 is 0 Å². The van der Waals surface area contributed by atoms with Crippen molar-refractivity contribution in [2.45, 2.75) is 11.2 Å². The highest BCUT2D eigenvalue weighted by Crippen LogP contribution is 2.37. The maximum Gasteiger partial charge on any atom is 0.294 e. The van der Waals surface area contributed by atoms with E-state index in [-0.39, 0.29) is 13.2 Å². The predicted octanol–water partition coefficient (Wildman–Crippen LogP) is 5.24. The van der Waals surface area contributed by atoms with Crippen LogP contribution in [0.1, 0.15) is 22.3 Å². The van der Waals surface area contributed by atoms with E-state index in [9.17, 15) is 9.59 Å². The lowest BCUT2D eigenvalue weighted by atomic mass is 9.85. The molecule has 4 aromatic rings. The lowest BCUT2D eigenvalue weighted by Crippen LogP contribution is -2.41. The number of hydrogen-bond donors (Lipinski definition) is 0. The standard InChI is InChI=1S/C30H26O5/c31-23-34-29(25-13-5-1-6-14-25,26-15-7-2-8-16-26)21-33-22-30(35-24-32,27-17-9-3-10-18-27)28-19-11-4-12-20-28/h1-20,23-24H,21-22H2. The van der Waals surface area contributed by atoms with Crippen LogP contribution in [0.25, 0.3) is 0 Å². The first-order valence-electron chi connectivity index (χ1n) is 11.3. The summed E-state index contributed by atoms with van der Waals surface area (Å²) in [6.45, 7) is 0.882. The van der Waals surface area contributed by atoms with E-state index in [1.165, 1.54) is 0 Å². The molecule has 0 heterocycles. The van der Waals surface area contributed by atoms with Crippen LogP contribution in [-0.2, 0) is 35.0 Å². The van der Waals surface area contributed by atoms with E-state index in [4.69, 9.17) is 14.2 Å². The molecule has 0 aliphatic heterocycles. The van der Waals surface area contributed by atoms with E-state index in [0.29, 0.717) is 12.9 Å². The van der Waals surface area contributed by atoms with Gasteiger partial charge in [0.05, 0.1) is 13.2 Å². The zero-order valence-corrected chi connectivity index (χ0v) is 19.2. The normalized spacial score (nSPS) is 11.4. The van der Waals surface area contributed by atoms with Gasteiger partial charge in [0, 0.05) is 22.3 Å². The van der Waals surface area contributed by atoms with Crippen LogP contribution in [0.3, 0.4) is 0 Å². The molecule has 0 radical (unpaired) electrons. The summed E-state index contributed by atoms with van der Waals surface area (Å²) in [6.07, 6.45) is 0. The van der Waals surface area contributed by atoms with Gasteiger partial charge in [0.25, 0.3) is 12.9 Å². The van der Waals surface area contributed by atoms with E-state index in [1.807, 2.05) is 121 Å². The number of ether oxygens (including phenoxy) is 3. The molecule has 0 amide bonds. The molecular formula is C30H26O5. The van der Waals surface area contributed by atoms with Crippen LogP contribution in [0.15, 0.2) is 121 Å². The molecule has 0 aliphatic carbocycles. The lowest BCUT2D eigenvalue weighted by Gasteiger charge is -2.36. The highest BCUT2D eigenvalue weighted by atomic mass is 16.6. The lowest BCUT2D eigenvalue weighted by molar-refractivity contribution is -0.156. The summed E-state index contributed by atoms with van der Waals surface area (Å²) in [5.41, 5.74) is 0.674. The Morgan fingerprint density at radius 2 is 0.714 bits per heavy atom. The molecule has 0 saturated carbocycles. The molecule has 0 bridgehead atoms. The van der Waals surface area contributed by atoms with Gasteiger partial charge in [0.1, 0.15) is 0 Å². The SMILES string of the molecule is O=COC(COCC(OC=O)(c1ccccc1)c1ccccc1)(c1ccccc1)c1ccccc1. The molecular weight excluding hydrogens is 440 g/mol. The Morgan fingerprint density at radius 1 is 0.457 bits per heavy atom. The highest BCUT2D eigenvalue weighted by Gasteiger charge is 2.41. The molecule has 0 fully saturated rings. The molecule has 0 saturated heterocycles. The van der Waals surface area contributed by atoms with Crippen LogP contribution in [0.5, 0.6) is 0 Å². The van der Waals surface area contributed by atoms with Gasteiger partial charge >= 0.3 is 0 Å². The van der Waals surface area contributed by atoms with Gasteiger partial charge < -0.3 is 14.2 Å². The van der Waals surface area contributed by atoms with Crippen molar-refractivity contribution >= 4 is 12.9 Å². The Kier molecular flexibility index (Phi) is 7.70. The highest BCUT2D eigenvalue weighted by molar-refractivity contribution is 5.47. The predicted molar refractivity (Wildman–Crippen MR) is 132 cm³/mol. The minimum Gasteiger partial charge on any atom is -0.449 e. The Morgan fingerprint density at radius 3 is 0.943 bits per heavy atom. The minimum atomic E-state index is -1.19. The first kappa shape index (κ1) is 23.9. The third-order valence-electron chi connectivity index (χ3n) is 6.07. The molecule has 0 unspecified atom stereocenters. The number of rotatable bonds is 12. The fourth-order valence-electron chi connectivity index (χ4n) is 4.34. The summed E-state index contributed by atoms with van der Waals surface area (Å²) in [7, 11) is 0. The molecule has 4 rings (SSSR count).